The van der Waals surface area contributed by atoms with Crippen LogP contribution in [0, 0.1) is 5.92 Å². The van der Waals surface area contributed by atoms with Crippen molar-refractivity contribution in [1.29, 1.82) is 0 Å². The highest BCUT2D eigenvalue weighted by atomic mass is 35.5. The van der Waals surface area contributed by atoms with E-state index in [1.165, 1.54) is 0 Å². The van der Waals surface area contributed by atoms with Crippen LogP contribution in [0.4, 0.5) is 5.82 Å². The molecular weight excluding hydrogens is 387 g/mol. The summed E-state index contributed by atoms with van der Waals surface area (Å²) in [5.41, 5.74) is 0. The zero-order chi connectivity index (χ0) is 17.5. The first-order valence-electron chi connectivity index (χ1n) is 9.51. The zero-order valence-electron chi connectivity index (χ0n) is 16.0. The van der Waals surface area contributed by atoms with E-state index in [-0.39, 0.29) is 36.8 Å². The van der Waals surface area contributed by atoms with E-state index >= 15 is 0 Å². The zero-order valence-corrected chi connectivity index (χ0v) is 17.6. The maximum atomic E-state index is 12.6. The largest absolute Gasteiger partial charge is 0.378 e. The molecule has 1 atom stereocenters. The van der Waals surface area contributed by atoms with Crippen LogP contribution < -0.4 is 10.2 Å². The highest BCUT2D eigenvalue weighted by Gasteiger charge is 2.25. The Balaban J connectivity index is 0.00000182. The van der Waals surface area contributed by atoms with Gasteiger partial charge in [-0.05, 0) is 37.8 Å². The number of morpholine rings is 1. The number of amides is 1. The number of pyridine rings is 1. The molecule has 0 aliphatic carbocycles. The van der Waals surface area contributed by atoms with Gasteiger partial charge in [-0.1, -0.05) is 6.07 Å². The van der Waals surface area contributed by atoms with E-state index in [9.17, 15) is 4.79 Å². The van der Waals surface area contributed by atoms with Gasteiger partial charge in [0, 0.05) is 51.4 Å². The molecule has 8 heteroatoms. The van der Waals surface area contributed by atoms with Gasteiger partial charge in [-0.2, -0.15) is 0 Å². The van der Waals surface area contributed by atoms with Gasteiger partial charge in [0.25, 0.3) is 0 Å². The van der Waals surface area contributed by atoms with Crippen LogP contribution in [0.15, 0.2) is 24.4 Å². The highest BCUT2D eigenvalue weighted by Crippen LogP contribution is 2.22. The number of nitrogens with one attached hydrogen (secondary N) is 1. The van der Waals surface area contributed by atoms with Crippen LogP contribution in [0.25, 0.3) is 0 Å². The Kier molecular flexibility index (Phi) is 11.0. The quantitative estimate of drug-likeness (QED) is 0.768. The summed E-state index contributed by atoms with van der Waals surface area (Å²) in [4.78, 5) is 21.4. The van der Waals surface area contributed by atoms with Crippen molar-refractivity contribution >= 4 is 36.5 Å². The van der Waals surface area contributed by atoms with Crippen molar-refractivity contribution in [3.63, 3.8) is 0 Å². The van der Waals surface area contributed by atoms with Crippen LogP contribution in [0.5, 0.6) is 0 Å². The molecule has 27 heavy (non-hydrogen) atoms. The molecule has 2 fully saturated rings. The molecule has 3 heterocycles. The number of hydrogen-bond donors (Lipinski definition) is 1. The minimum absolute atomic E-state index is 0. The first-order valence-corrected chi connectivity index (χ1v) is 9.51. The molecule has 0 spiro atoms. The monoisotopic (exact) mass is 418 g/mol. The number of nitrogens with zero attached hydrogens (tertiary/aromatic N) is 3. The van der Waals surface area contributed by atoms with Crippen LogP contribution in [0.2, 0.25) is 0 Å². The maximum absolute atomic E-state index is 12.6. The lowest BCUT2D eigenvalue weighted by molar-refractivity contribution is -0.133. The first-order chi connectivity index (χ1) is 12.3. The first kappa shape index (κ1) is 24.0. The van der Waals surface area contributed by atoms with Crippen molar-refractivity contribution in [2.45, 2.75) is 32.2 Å². The van der Waals surface area contributed by atoms with Crippen LogP contribution in [-0.2, 0) is 9.53 Å². The molecule has 2 aliphatic rings. The van der Waals surface area contributed by atoms with E-state index in [1.807, 2.05) is 23.2 Å². The molecule has 154 valence electrons. The SMILES string of the molecule is CCN(CC1CCN(c2ccccn2)CC1)C(=O)CC1COCCN1.Cl.Cl. The van der Waals surface area contributed by atoms with Crippen LogP contribution >= 0.6 is 24.8 Å². The lowest BCUT2D eigenvalue weighted by Gasteiger charge is -2.35. The van der Waals surface area contributed by atoms with Crippen molar-refractivity contribution in [2.75, 3.05) is 50.8 Å². The number of piperidine rings is 1. The Hall–Kier alpha value is -1.08. The minimum atomic E-state index is 0. The van der Waals surface area contributed by atoms with Gasteiger partial charge in [0.05, 0.1) is 13.2 Å². The number of rotatable bonds is 6. The Bertz CT molecular complexity index is 536. The van der Waals surface area contributed by atoms with Crippen molar-refractivity contribution in [3.8, 4) is 0 Å². The fourth-order valence-electron chi connectivity index (χ4n) is 3.70. The number of aromatic nitrogens is 1. The average Bonchev–Trinajstić information content (AvgIpc) is 2.68. The fourth-order valence-corrected chi connectivity index (χ4v) is 3.70. The third-order valence-electron chi connectivity index (χ3n) is 5.22. The van der Waals surface area contributed by atoms with Gasteiger partial charge in [0.1, 0.15) is 5.82 Å². The van der Waals surface area contributed by atoms with Gasteiger partial charge in [0.2, 0.25) is 5.91 Å². The van der Waals surface area contributed by atoms with E-state index in [4.69, 9.17) is 4.74 Å². The summed E-state index contributed by atoms with van der Waals surface area (Å²) in [5.74, 6) is 1.89. The molecule has 0 aromatic carbocycles. The van der Waals surface area contributed by atoms with Gasteiger partial charge in [-0.15, -0.1) is 24.8 Å². The summed E-state index contributed by atoms with van der Waals surface area (Å²) < 4.78 is 5.46. The van der Waals surface area contributed by atoms with Gasteiger partial charge < -0.3 is 19.9 Å². The smallest absolute Gasteiger partial charge is 0.224 e. The predicted molar refractivity (Wildman–Crippen MR) is 113 cm³/mol. The van der Waals surface area contributed by atoms with E-state index in [1.54, 1.807) is 0 Å². The Labute approximate surface area is 174 Å². The molecule has 0 saturated carbocycles. The number of halogens is 2. The lowest BCUT2D eigenvalue weighted by atomic mass is 9.96. The van der Waals surface area contributed by atoms with E-state index < -0.39 is 0 Å². The fraction of sp³-hybridized carbons (Fsp3) is 0.684. The molecule has 2 saturated heterocycles. The van der Waals surface area contributed by atoms with Gasteiger partial charge in [-0.3, -0.25) is 4.79 Å². The molecule has 6 nitrogen and oxygen atoms in total. The number of carbonyl (C=O) groups is 1. The minimum Gasteiger partial charge on any atom is -0.378 e. The second-order valence-electron chi connectivity index (χ2n) is 6.98. The summed E-state index contributed by atoms with van der Waals surface area (Å²) in [7, 11) is 0. The highest BCUT2D eigenvalue weighted by molar-refractivity contribution is 5.85. The Morgan fingerprint density at radius 3 is 2.70 bits per heavy atom. The lowest BCUT2D eigenvalue weighted by Crippen LogP contribution is -2.46. The van der Waals surface area contributed by atoms with Crippen LogP contribution in [-0.4, -0.2) is 67.8 Å². The van der Waals surface area contributed by atoms with E-state index in [0.717, 1.165) is 58.0 Å². The van der Waals surface area contributed by atoms with Crippen LogP contribution in [0.1, 0.15) is 26.2 Å². The molecular formula is C19H32Cl2N4O2. The molecule has 3 rings (SSSR count). The van der Waals surface area contributed by atoms with Gasteiger partial charge >= 0.3 is 0 Å². The molecule has 0 radical (unpaired) electrons. The third kappa shape index (κ3) is 7.11. The van der Waals surface area contributed by atoms with Crippen molar-refractivity contribution < 1.29 is 9.53 Å². The Morgan fingerprint density at radius 2 is 2.11 bits per heavy atom. The molecule has 2 aliphatic heterocycles. The number of carbonyl (C=O) groups excluding carboxylic acids is 1. The number of anilines is 1. The summed E-state index contributed by atoms with van der Waals surface area (Å²) >= 11 is 0. The number of ether oxygens (including phenoxy) is 1. The second-order valence-corrected chi connectivity index (χ2v) is 6.98. The molecule has 1 amide bonds. The summed E-state index contributed by atoms with van der Waals surface area (Å²) in [6.45, 7) is 8.01. The van der Waals surface area contributed by atoms with Crippen molar-refractivity contribution in [2.24, 2.45) is 5.92 Å². The second kappa shape index (κ2) is 12.4. The summed E-state index contributed by atoms with van der Waals surface area (Å²) in [6, 6.07) is 6.23. The molecule has 1 aromatic heterocycles. The summed E-state index contributed by atoms with van der Waals surface area (Å²) in [5, 5.41) is 3.37. The molecule has 1 N–H and O–H groups in total. The number of hydrogen-bond acceptors (Lipinski definition) is 5. The van der Waals surface area contributed by atoms with Crippen LogP contribution in [0.3, 0.4) is 0 Å². The van der Waals surface area contributed by atoms with E-state index in [2.05, 4.69) is 28.2 Å². The molecule has 1 aromatic rings. The topological polar surface area (TPSA) is 57.7 Å². The summed E-state index contributed by atoms with van der Waals surface area (Å²) in [6.07, 6.45) is 4.62. The average molecular weight is 419 g/mol. The third-order valence-corrected chi connectivity index (χ3v) is 5.22. The maximum Gasteiger partial charge on any atom is 0.224 e. The van der Waals surface area contributed by atoms with Crippen molar-refractivity contribution in [3.05, 3.63) is 24.4 Å². The molecule has 1 unspecified atom stereocenters. The predicted octanol–water partition coefficient (Wildman–Crippen LogP) is 2.37. The standard InChI is InChI=1S/C19H30N4O2.2ClH/c1-2-22(19(24)13-17-15-25-12-9-20-17)14-16-6-10-23(11-7-16)18-5-3-4-8-21-18;;/h3-5,8,16-17,20H,2,6-7,9-15H2,1H3;2*1H. The van der Waals surface area contributed by atoms with Crippen molar-refractivity contribution in [1.82, 2.24) is 15.2 Å². The van der Waals surface area contributed by atoms with Gasteiger partial charge in [0.15, 0.2) is 0 Å². The van der Waals surface area contributed by atoms with E-state index in [0.29, 0.717) is 18.9 Å². The van der Waals surface area contributed by atoms with Gasteiger partial charge in [-0.25, -0.2) is 4.98 Å². The Morgan fingerprint density at radius 1 is 1.33 bits per heavy atom. The normalized spacial score (nSPS) is 20.3. The molecule has 0 bridgehead atoms.